The molecular formula is C19H18BrN3O3. The van der Waals surface area contributed by atoms with Gasteiger partial charge in [0, 0.05) is 10.2 Å². The van der Waals surface area contributed by atoms with Crippen LogP contribution in [0.3, 0.4) is 0 Å². The fraction of sp³-hybridized carbons (Fsp3) is 0.211. The van der Waals surface area contributed by atoms with Crippen LogP contribution in [0.15, 0.2) is 59.1 Å². The zero-order valence-corrected chi connectivity index (χ0v) is 15.9. The molecule has 26 heavy (non-hydrogen) atoms. The first kappa shape index (κ1) is 18.1. The number of imide groups is 1. The van der Waals surface area contributed by atoms with E-state index in [1.54, 1.807) is 55.5 Å². The van der Waals surface area contributed by atoms with Crippen molar-refractivity contribution in [2.24, 2.45) is 0 Å². The monoisotopic (exact) mass is 415 g/mol. The zero-order chi connectivity index (χ0) is 18.9. The maximum atomic E-state index is 12.9. The molecule has 2 N–H and O–H groups in total. The van der Waals surface area contributed by atoms with Gasteiger partial charge in [0.05, 0.1) is 0 Å². The molecule has 1 aliphatic heterocycles. The minimum Gasteiger partial charge on any atom is -0.324 e. The predicted molar refractivity (Wildman–Crippen MR) is 101 cm³/mol. The number of rotatable bonds is 4. The van der Waals surface area contributed by atoms with Gasteiger partial charge >= 0.3 is 6.03 Å². The quantitative estimate of drug-likeness (QED) is 0.752. The van der Waals surface area contributed by atoms with Gasteiger partial charge in [-0.2, -0.15) is 0 Å². The number of anilines is 1. The summed E-state index contributed by atoms with van der Waals surface area (Å²) in [6, 6.07) is 14.5. The SMILES string of the molecule is C[C@@H](C(=O)Nc1ccc(Br)cc1)N1C(=O)N[C@@](C)(c2ccccc2)C1=O. The predicted octanol–water partition coefficient (Wildman–Crippen LogP) is 3.24. The van der Waals surface area contributed by atoms with E-state index in [9.17, 15) is 14.4 Å². The maximum absolute atomic E-state index is 12.9. The van der Waals surface area contributed by atoms with Crippen LogP contribution < -0.4 is 10.6 Å². The molecule has 0 aliphatic carbocycles. The zero-order valence-electron chi connectivity index (χ0n) is 14.3. The van der Waals surface area contributed by atoms with Crippen LogP contribution in [0.4, 0.5) is 10.5 Å². The van der Waals surface area contributed by atoms with Crippen LogP contribution in [0.1, 0.15) is 19.4 Å². The lowest BCUT2D eigenvalue weighted by Crippen LogP contribution is -2.47. The molecular weight excluding hydrogens is 398 g/mol. The second kappa shape index (κ2) is 6.92. The van der Waals surface area contributed by atoms with Crippen LogP contribution in [-0.2, 0) is 15.1 Å². The average Bonchev–Trinajstić information content (AvgIpc) is 2.87. The highest BCUT2D eigenvalue weighted by atomic mass is 79.9. The van der Waals surface area contributed by atoms with Crippen molar-refractivity contribution in [1.29, 1.82) is 0 Å². The van der Waals surface area contributed by atoms with Crippen LogP contribution in [0.2, 0.25) is 0 Å². The van der Waals surface area contributed by atoms with E-state index in [1.165, 1.54) is 6.92 Å². The van der Waals surface area contributed by atoms with Crippen molar-refractivity contribution in [1.82, 2.24) is 10.2 Å². The molecule has 4 amide bonds. The molecule has 2 atom stereocenters. The highest BCUT2D eigenvalue weighted by Crippen LogP contribution is 2.30. The number of urea groups is 1. The van der Waals surface area contributed by atoms with Crippen LogP contribution in [0.25, 0.3) is 0 Å². The molecule has 2 aromatic rings. The summed E-state index contributed by atoms with van der Waals surface area (Å²) in [5.41, 5.74) is 0.0640. The number of halogens is 1. The molecule has 0 bridgehead atoms. The number of carbonyl (C=O) groups excluding carboxylic acids is 3. The summed E-state index contributed by atoms with van der Waals surface area (Å²) < 4.78 is 0.885. The average molecular weight is 416 g/mol. The Labute approximate surface area is 159 Å². The van der Waals surface area contributed by atoms with Gasteiger partial charge in [0.1, 0.15) is 11.6 Å². The summed E-state index contributed by atoms with van der Waals surface area (Å²) >= 11 is 3.33. The number of hydrogen-bond acceptors (Lipinski definition) is 3. The van der Waals surface area contributed by atoms with E-state index in [4.69, 9.17) is 0 Å². The van der Waals surface area contributed by atoms with E-state index in [0.29, 0.717) is 11.3 Å². The second-order valence-corrected chi connectivity index (χ2v) is 7.18. The Bertz CT molecular complexity index is 854. The lowest BCUT2D eigenvalue weighted by molar-refractivity contribution is -0.136. The molecule has 0 saturated carbocycles. The van der Waals surface area contributed by atoms with Crippen molar-refractivity contribution >= 4 is 39.5 Å². The molecule has 1 aliphatic rings. The number of carbonyl (C=O) groups is 3. The van der Waals surface area contributed by atoms with Crippen molar-refractivity contribution in [3.05, 3.63) is 64.6 Å². The number of amides is 4. The first-order valence-electron chi connectivity index (χ1n) is 8.10. The van der Waals surface area contributed by atoms with Crippen molar-refractivity contribution in [3.63, 3.8) is 0 Å². The third-order valence-corrected chi connectivity index (χ3v) is 4.98. The third-order valence-electron chi connectivity index (χ3n) is 4.45. The Morgan fingerprint density at radius 3 is 2.35 bits per heavy atom. The van der Waals surface area contributed by atoms with E-state index in [1.807, 2.05) is 6.07 Å². The minimum atomic E-state index is -1.19. The van der Waals surface area contributed by atoms with Crippen molar-refractivity contribution in [2.45, 2.75) is 25.4 Å². The van der Waals surface area contributed by atoms with Gasteiger partial charge in [0.15, 0.2) is 0 Å². The summed E-state index contributed by atoms with van der Waals surface area (Å²) in [5, 5.41) is 5.43. The maximum Gasteiger partial charge on any atom is 0.326 e. The van der Waals surface area contributed by atoms with Gasteiger partial charge in [0.25, 0.3) is 5.91 Å². The Hall–Kier alpha value is -2.67. The topological polar surface area (TPSA) is 78.5 Å². The molecule has 0 unspecified atom stereocenters. The highest BCUT2D eigenvalue weighted by molar-refractivity contribution is 9.10. The van der Waals surface area contributed by atoms with E-state index in [-0.39, 0.29) is 0 Å². The van der Waals surface area contributed by atoms with Gasteiger partial charge < -0.3 is 10.6 Å². The third kappa shape index (κ3) is 3.22. The van der Waals surface area contributed by atoms with E-state index >= 15 is 0 Å². The summed E-state index contributed by atoms with van der Waals surface area (Å²) in [4.78, 5) is 38.9. The molecule has 6 nitrogen and oxygen atoms in total. The number of benzene rings is 2. The number of nitrogens with one attached hydrogen (secondary N) is 2. The molecule has 0 radical (unpaired) electrons. The van der Waals surface area contributed by atoms with E-state index in [0.717, 1.165) is 9.37 Å². The van der Waals surface area contributed by atoms with Crippen LogP contribution in [-0.4, -0.2) is 28.8 Å². The molecule has 3 rings (SSSR count). The van der Waals surface area contributed by atoms with Crippen molar-refractivity contribution in [2.75, 3.05) is 5.32 Å². The van der Waals surface area contributed by atoms with Crippen molar-refractivity contribution in [3.8, 4) is 0 Å². The largest absolute Gasteiger partial charge is 0.326 e. The van der Waals surface area contributed by atoms with Crippen LogP contribution in [0.5, 0.6) is 0 Å². The van der Waals surface area contributed by atoms with Crippen LogP contribution in [0, 0.1) is 0 Å². The smallest absolute Gasteiger partial charge is 0.324 e. The standard InChI is InChI=1S/C19H18BrN3O3/c1-12(16(24)21-15-10-8-14(20)9-11-15)23-17(25)19(2,22-18(23)26)13-6-4-3-5-7-13/h3-12H,1-2H3,(H,21,24)(H,22,26)/t12-,19-/m0/s1. The van der Waals surface area contributed by atoms with Gasteiger partial charge in [0.2, 0.25) is 5.91 Å². The molecule has 134 valence electrons. The highest BCUT2D eigenvalue weighted by Gasteiger charge is 2.51. The Kier molecular flexibility index (Phi) is 4.82. The first-order valence-corrected chi connectivity index (χ1v) is 8.90. The Balaban J connectivity index is 1.80. The second-order valence-electron chi connectivity index (χ2n) is 6.27. The van der Waals surface area contributed by atoms with Crippen LogP contribution >= 0.6 is 15.9 Å². The summed E-state index contributed by atoms with van der Waals surface area (Å²) in [6.45, 7) is 3.17. The number of nitrogens with zero attached hydrogens (tertiary/aromatic N) is 1. The van der Waals surface area contributed by atoms with Gasteiger partial charge in [-0.25, -0.2) is 9.69 Å². The Morgan fingerprint density at radius 1 is 1.12 bits per heavy atom. The molecule has 1 heterocycles. The molecule has 1 saturated heterocycles. The molecule has 0 spiro atoms. The van der Waals surface area contributed by atoms with Crippen molar-refractivity contribution < 1.29 is 14.4 Å². The van der Waals surface area contributed by atoms with Gasteiger partial charge in [-0.05, 0) is 43.7 Å². The Morgan fingerprint density at radius 2 is 1.73 bits per heavy atom. The van der Waals surface area contributed by atoms with Gasteiger partial charge in [-0.3, -0.25) is 9.59 Å². The first-order chi connectivity index (χ1) is 12.3. The number of hydrogen-bond donors (Lipinski definition) is 2. The minimum absolute atomic E-state index is 0.437. The van der Waals surface area contributed by atoms with E-state index < -0.39 is 29.4 Å². The fourth-order valence-corrected chi connectivity index (χ4v) is 3.14. The molecule has 0 aromatic heterocycles. The van der Waals surface area contributed by atoms with E-state index in [2.05, 4.69) is 26.6 Å². The molecule has 2 aromatic carbocycles. The summed E-state index contributed by atoms with van der Waals surface area (Å²) in [5.74, 6) is -0.889. The summed E-state index contributed by atoms with van der Waals surface area (Å²) in [6.07, 6.45) is 0. The molecule has 7 heteroatoms. The van der Waals surface area contributed by atoms with Gasteiger partial charge in [-0.1, -0.05) is 46.3 Å². The normalized spacial score (nSPS) is 20.7. The fourth-order valence-electron chi connectivity index (χ4n) is 2.88. The lowest BCUT2D eigenvalue weighted by Gasteiger charge is -2.24. The van der Waals surface area contributed by atoms with Gasteiger partial charge in [-0.15, -0.1) is 0 Å². The summed E-state index contributed by atoms with van der Waals surface area (Å²) in [7, 11) is 0. The lowest BCUT2D eigenvalue weighted by atomic mass is 9.92. The molecule has 1 fully saturated rings.